The first-order valence-corrected chi connectivity index (χ1v) is 10.3. The molecule has 0 saturated heterocycles. The van der Waals surface area contributed by atoms with Crippen molar-refractivity contribution in [2.45, 2.75) is 42.2 Å². The molecule has 0 aromatic heterocycles. The van der Waals surface area contributed by atoms with Crippen molar-refractivity contribution in [1.82, 2.24) is 0 Å². The molecule has 0 atom stereocenters. The number of carbonyl (C=O) groups is 1. The van der Waals surface area contributed by atoms with E-state index in [-0.39, 0.29) is 17.6 Å². The molecule has 0 aliphatic heterocycles. The van der Waals surface area contributed by atoms with E-state index in [9.17, 15) is 13.2 Å². The van der Waals surface area contributed by atoms with Gasteiger partial charge in [0.05, 0.1) is 16.6 Å². The Balaban J connectivity index is 1.66. The Morgan fingerprint density at radius 3 is 2.32 bits per heavy atom. The Morgan fingerprint density at radius 1 is 1.04 bits per heavy atom. The van der Waals surface area contributed by atoms with Gasteiger partial charge in [-0.3, -0.25) is 4.79 Å². The number of sulfone groups is 1. The van der Waals surface area contributed by atoms with Crippen molar-refractivity contribution in [3.8, 4) is 0 Å². The third-order valence-corrected chi connectivity index (χ3v) is 7.16. The molecular formula is C19H20ClNO3S. The Morgan fingerprint density at radius 2 is 1.68 bits per heavy atom. The summed E-state index contributed by atoms with van der Waals surface area (Å²) < 4.78 is 25.1. The van der Waals surface area contributed by atoms with Crippen molar-refractivity contribution in [2.75, 3.05) is 5.32 Å². The monoisotopic (exact) mass is 377 g/mol. The van der Waals surface area contributed by atoms with Gasteiger partial charge in [-0.25, -0.2) is 8.42 Å². The van der Waals surface area contributed by atoms with Crippen LogP contribution in [0, 0.1) is 0 Å². The molecule has 1 aliphatic carbocycles. The molecule has 0 spiro atoms. The first kappa shape index (κ1) is 18.0. The second kappa shape index (κ2) is 7.58. The van der Waals surface area contributed by atoms with E-state index in [1.807, 2.05) is 12.1 Å². The number of anilines is 1. The lowest BCUT2D eigenvalue weighted by molar-refractivity contribution is -0.115. The van der Waals surface area contributed by atoms with Gasteiger partial charge in [0.15, 0.2) is 9.84 Å². The molecule has 0 bridgehead atoms. The number of benzene rings is 2. The summed E-state index contributed by atoms with van der Waals surface area (Å²) in [5, 5.41) is 3.05. The summed E-state index contributed by atoms with van der Waals surface area (Å²) in [5.74, 6) is -0.195. The number of amides is 1. The highest BCUT2D eigenvalue weighted by atomic mass is 35.5. The molecular weight excluding hydrogens is 358 g/mol. The van der Waals surface area contributed by atoms with E-state index >= 15 is 0 Å². The lowest BCUT2D eigenvalue weighted by Crippen LogP contribution is -2.18. The van der Waals surface area contributed by atoms with Gasteiger partial charge in [0.25, 0.3) is 0 Å². The van der Waals surface area contributed by atoms with Gasteiger partial charge in [-0.15, -0.1) is 0 Å². The number of halogens is 1. The van der Waals surface area contributed by atoms with Crippen molar-refractivity contribution >= 4 is 33.0 Å². The van der Waals surface area contributed by atoms with Crippen LogP contribution in [0.25, 0.3) is 0 Å². The van der Waals surface area contributed by atoms with Crippen LogP contribution in [-0.2, 0) is 21.1 Å². The molecule has 0 heterocycles. The van der Waals surface area contributed by atoms with E-state index in [0.29, 0.717) is 15.6 Å². The molecule has 4 nitrogen and oxygen atoms in total. The van der Waals surface area contributed by atoms with Crippen LogP contribution >= 0.6 is 11.6 Å². The first-order chi connectivity index (χ1) is 12.0. The maximum atomic E-state index is 12.5. The summed E-state index contributed by atoms with van der Waals surface area (Å²) in [5.41, 5.74) is 1.32. The van der Waals surface area contributed by atoms with E-state index in [1.165, 1.54) is 0 Å². The molecule has 1 fully saturated rings. The van der Waals surface area contributed by atoms with Gasteiger partial charge >= 0.3 is 0 Å². The van der Waals surface area contributed by atoms with Crippen LogP contribution in [0.5, 0.6) is 0 Å². The Kier molecular flexibility index (Phi) is 5.45. The van der Waals surface area contributed by atoms with Gasteiger partial charge in [-0.05, 0) is 48.7 Å². The van der Waals surface area contributed by atoms with E-state index in [2.05, 4.69) is 5.32 Å². The second-order valence-electron chi connectivity index (χ2n) is 6.29. The van der Waals surface area contributed by atoms with Crippen LogP contribution in [-0.4, -0.2) is 19.6 Å². The standard InChI is InChI=1S/C19H20ClNO3S/c20-18-8-4-1-5-14(18)13-19(22)21-15-9-11-17(12-10-15)25(23,24)16-6-2-3-7-16/h1,4-5,8-12,16H,2-3,6-7,13H2,(H,21,22). The number of nitrogens with one attached hydrogen (secondary N) is 1. The Hall–Kier alpha value is -1.85. The Bertz CT molecular complexity index is 856. The predicted octanol–water partition coefficient (Wildman–Crippen LogP) is 4.24. The summed E-state index contributed by atoms with van der Waals surface area (Å²) in [4.78, 5) is 12.5. The normalized spacial score (nSPS) is 15.2. The smallest absolute Gasteiger partial charge is 0.228 e. The molecule has 1 N–H and O–H groups in total. The van der Waals surface area contributed by atoms with Crippen molar-refractivity contribution in [3.05, 3.63) is 59.1 Å². The first-order valence-electron chi connectivity index (χ1n) is 8.34. The summed E-state index contributed by atoms with van der Waals surface area (Å²) in [7, 11) is -3.27. The topological polar surface area (TPSA) is 63.2 Å². The van der Waals surface area contributed by atoms with Crippen LogP contribution in [0.4, 0.5) is 5.69 Å². The lowest BCUT2D eigenvalue weighted by Gasteiger charge is -2.12. The van der Waals surface area contributed by atoms with Gasteiger partial charge < -0.3 is 5.32 Å². The fourth-order valence-corrected chi connectivity index (χ4v) is 5.20. The molecule has 25 heavy (non-hydrogen) atoms. The number of hydrogen-bond donors (Lipinski definition) is 1. The average Bonchev–Trinajstić information content (AvgIpc) is 3.13. The molecule has 1 amide bonds. The molecule has 1 aliphatic rings. The van der Waals surface area contributed by atoms with Crippen LogP contribution < -0.4 is 5.32 Å². The number of carbonyl (C=O) groups excluding carboxylic acids is 1. The predicted molar refractivity (Wildman–Crippen MR) is 99.7 cm³/mol. The number of rotatable bonds is 5. The van der Waals surface area contributed by atoms with E-state index in [1.54, 1.807) is 36.4 Å². The van der Waals surface area contributed by atoms with E-state index in [4.69, 9.17) is 11.6 Å². The molecule has 0 radical (unpaired) electrons. The van der Waals surface area contributed by atoms with Crippen molar-refractivity contribution in [3.63, 3.8) is 0 Å². The number of hydrogen-bond acceptors (Lipinski definition) is 3. The minimum Gasteiger partial charge on any atom is -0.326 e. The summed E-state index contributed by atoms with van der Waals surface area (Å²) >= 11 is 6.06. The molecule has 132 valence electrons. The summed E-state index contributed by atoms with van der Waals surface area (Å²) in [6.45, 7) is 0. The fraction of sp³-hybridized carbons (Fsp3) is 0.316. The minimum atomic E-state index is -3.27. The average molecular weight is 378 g/mol. The highest BCUT2D eigenvalue weighted by molar-refractivity contribution is 7.92. The molecule has 1 saturated carbocycles. The maximum Gasteiger partial charge on any atom is 0.228 e. The molecule has 6 heteroatoms. The summed E-state index contributed by atoms with van der Waals surface area (Å²) in [6, 6.07) is 13.6. The highest BCUT2D eigenvalue weighted by Gasteiger charge is 2.30. The van der Waals surface area contributed by atoms with Gasteiger partial charge in [0.1, 0.15) is 0 Å². The van der Waals surface area contributed by atoms with Crippen molar-refractivity contribution in [2.24, 2.45) is 0 Å². The van der Waals surface area contributed by atoms with E-state index < -0.39 is 9.84 Å². The molecule has 3 rings (SSSR count). The lowest BCUT2D eigenvalue weighted by atomic mass is 10.1. The van der Waals surface area contributed by atoms with Gasteiger partial charge in [0, 0.05) is 10.7 Å². The fourth-order valence-electron chi connectivity index (χ4n) is 3.14. The third-order valence-electron chi connectivity index (χ3n) is 4.52. The molecule has 2 aromatic rings. The zero-order valence-corrected chi connectivity index (χ0v) is 15.3. The second-order valence-corrected chi connectivity index (χ2v) is 8.93. The zero-order valence-electron chi connectivity index (χ0n) is 13.7. The third kappa shape index (κ3) is 4.22. The van der Waals surface area contributed by atoms with Crippen molar-refractivity contribution < 1.29 is 13.2 Å². The molecule has 2 aromatic carbocycles. The SMILES string of the molecule is O=C(Cc1ccccc1Cl)Nc1ccc(S(=O)(=O)C2CCCC2)cc1. The van der Waals surface area contributed by atoms with Gasteiger partial charge in [-0.1, -0.05) is 42.6 Å². The quantitative estimate of drug-likeness (QED) is 0.847. The maximum absolute atomic E-state index is 12.5. The molecule has 0 unspecified atom stereocenters. The van der Waals surface area contributed by atoms with Crippen LogP contribution in [0.2, 0.25) is 5.02 Å². The largest absolute Gasteiger partial charge is 0.326 e. The van der Waals surface area contributed by atoms with Gasteiger partial charge in [0.2, 0.25) is 5.91 Å². The highest BCUT2D eigenvalue weighted by Crippen LogP contribution is 2.30. The summed E-state index contributed by atoms with van der Waals surface area (Å²) in [6.07, 6.45) is 3.58. The van der Waals surface area contributed by atoms with Gasteiger partial charge in [-0.2, -0.15) is 0 Å². The van der Waals surface area contributed by atoms with E-state index in [0.717, 1.165) is 31.2 Å². The van der Waals surface area contributed by atoms with Crippen molar-refractivity contribution in [1.29, 1.82) is 0 Å². The Labute approximate surface area is 153 Å². The zero-order chi connectivity index (χ0) is 17.9. The minimum absolute atomic E-state index is 0.168. The van der Waals surface area contributed by atoms with Crippen LogP contribution in [0.3, 0.4) is 0 Å². The van der Waals surface area contributed by atoms with Crippen LogP contribution in [0.1, 0.15) is 31.2 Å². The van der Waals surface area contributed by atoms with Crippen LogP contribution in [0.15, 0.2) is 53.4 Å².